The third kappa shape index (κ3) is 5.62. The van der Waals surface area contributed by atoms with E-state index in [1.165, 1.54) is 26.4 Å². The monoisotopic (exact) mass is 269 g/mol. The van der Waals surface area contributed by atoms with E-state index in [9.17, 15) is 9.59 Å². The smallest absolute Gasteiger partial charge is 0.307 e. The van der Waals surface area contributed by atoms with Gasteiger partial charge in [0.05, 0.1) is 13.5 Å². The standard InChI is InChI=1S/C15H27NO3/c1-3-16(12-11-14(17)19-2)15(18)13-9-7-5-4-6-8-10-13/h13H,3-12H2,1-2H3. The summed E-state index contributed by atoms with van der Waals surface area (Å²) in [5.74, 6) is 0.148. The van der Waals surface area contributed by atoms with Crippen molar-refractivity contribution in [2.45, 2.75) is 58.3 Å². The lowest BCUT2D eigenvalue weighted by molar-refractivity contribution is -0.142. The van der Waals surface area contributed by atoms with Crippen molar-refractivity contribution in [3.63, 3.8) is 0 Å². The van der Waals surface area contributed by atoms with Gasteiger partial charge in [0.15, 0.2) is 0 Å². The lowest BCUT2D eigenvalue weighted by Crippen LogP contribution is -2.37. The Morgan fingerprint density at radius 3 is 2.21 bits per heavy atom. The summed E-state index contributed by atoms with van der Waals surface area (Å²) in [4.78, 5) is 25.4. The first-order chi connectivity index (χ1) is 9.19. The lowest BCUT2D eigenvalue weighted by atomic mass is 9.90. The van der Waals surface area contributed by atoms with E-state index in [4.69, 9.17) is 0 Å². The molecule has 0 atom stereocenters. The Morgan fingerprint density at radius 1 is 1.11 bits per heavy atom. The maximum absolute atomic E-state index is 12.5. The van der Waals surface area contributed by atoms with Gasteiger partial charge in [-0.25, -0.2) is 0 Å². The van der Waals surface area contributed by atoms with Crippen LogP contribution in [-0.2, 0) is 14.3 Å². The van der Waals surface area contributed by atoms with Gasteiger partial charge in [-0.05, 0) is 19.8 Å². The Morgan fingerprint density at radius 2 is 1.68 bits per heavy atom. The molecule has 1 aliphatic rings. The van der Waals surface area contributed by atoms with Crippen molar-refractivity contribution in [3.05, 3.63) is 0 Å². The molecule has 110 valence electrons. The van der Waals surface area contributed by atoms with Crippen LogP contribution in [0.5, 0.6) is 0 Å². The van der Waals surface area contributed by atoms with Crippen molar-refractivity contribution < 1.29 is 14.3 Å². The number of nitrogens with zero attached hydrogens (tertiary/aromatic N) is 1. The number of amides is 1. The maximum atomic E-state index is 12.5. The molecule has 0 aliphatic heterocycles. The van der Waals surface area contributed by atoms with Gasteiger partial charge in [0.25, 0.3) is 0 Å². The molecule has 0 radical (unpaired) electrons. The third-order valence-electron chi connectivity index (χ3n) is 3.96. The number of rotatable bonds is 5. The molecule has 1 rings (SSSR count). The molecule has 0 aromatic heterocycles. The molecular formula is C15H27NO3. The minimum atomic E-state index is -0.246. The van der Waals surface area contributed by atoms with E-state index < -0.39 is 0 Å². The summed E-state index contributed by atoms with van der Waals surface area (Å²) in [7, 11) is 1.38. The van der Waals surface area contributed by atoms with Gasteiger partial charge in [0.2, 0.25) is 5.91 Å². The predicted molar refractivity (Wildman–Crippen MR) is 74.7 cm³/mol. The molecular weight excluding hydrogens is 242 g/mol. The first-order valence-electron chi connectivity index (χ1n) is 7.54. The third-order valence-corrected chi connectivity index (χ3v) is 3.96. The van der Waals surface area contributed by atoms with Gasteiger partial charge in [-0.2, -0.15) is 0 Å². The van der Waals surface area contributed by atoms with Crippen molar-refractivity contribution in [1.29, 1.82) is 0 Å². The number of carbonyl (C=O) groups is 2. The van der Waals surface area contributed by atoms with E-state index >= 15 is 0 Å². The molecule has 0 heterocycles. The summed E-state index contributed by atoms with van der Waals surface area (Å²) in [6.07, 6.45) is 8.43. The van der Waals surface area contributed by atoms with E-state index in [0.29, 0.717) is 19.5 Å². The number of hydrogen-bond donors (Lipinski definition) is 0. The van der Waals surface area contributed by atoms with Crippen LogP contribution in [0.1, 0.15) is 58.3 Å². The molecule has 0 saturated heterocycles. The molecule has 4 nitrogen and oxygen atoms in total. The minimum absolute atomic E-state index is 0.165. The first-order valence-corrected chi connectivity index (χ1v) is 7.54. The van der Waals surface area contributed by atoms with Crippen molar-refractivity contribution in [2.75, 3.05) is 20.2 Å². The second kappa shape index (κ2) is 8.94. The fourth-order valence-corrected chi connectivity index (χ4v) is 2.71. The minimum Gasteiger partial charge on any atom is -0.469 e. The zero-order chi connectivity index (χ0) is 14.1. The van der Waals surface area contributed by atoms with Crippen LogP contribution in [0.2, 0.25) is 0 Å². The Kier molecular flexibility index (Phi) is 7.53. The molecule has 1 fully saturated rings. The predicted octanol–water partition coefficient (Wildman–Crippen LogP) is 2.76. The number of methoxy groups -OCH3 is 1. The van der Waals surface area contributed by atoms with Gasteiger partial charge in [-0.1, -0.05) is 32.1 Å². The zero-order valence-electron chi connectivity index (χ0n) is 12.3. The largest absolute Gasteiger partial charge is 0.469 e. The normalized spacial score (nSPS) is 17.4. The zero-order valence-corrected chi connectivity index (χ0v) is 12.3. The quantitative estimate of drug-likeness (QED) is 0.721. The first kappa shape index (κ1) is 16.0. The Balaban J connectivity index is 2.47. The second-order valence-electron chi connectivity index (χ2n) is 5.29. The molecule has 1 aliphatic carbocycles. The molecule has 19 heavy (non-hydrogen) atoms. The molecule has 1 amide bonds. The van der Waals surface area contributed by atoms with E-state index in [1.807, 2.05) is 11.8 Å². The van der Waals surface area contributed by atoms with Gasteiger partial charge in [-0.3, -0.25) is 9.59 Å². The van der Waals surface area contributed by atoms with Crippen LogP contribution in [0, 0.1) is 5.92 Å². The molecule has 0 unspecified atom stereocenters. The van der Waals surface area contributed by atoms with Crippen LogP contribution in [0.25, 0.3) is 0 Å². The van der Waals surface area contributed by atoms with Gasteiger partial charge in [0.1, 0.15) is 0 Å². The van der Waals surface area contributed by atoms with Crippen LogP contribution in [0.3, 0.4) is 0 Å². The van der Waals surface area contributed by atoms with Crippen molar-refractivity contribution in [3.8, 4) is 0 Å². The maximum Gasteiger partial charge on any atom is 0.307 e. The average Bonchev–Trinajstić information content (AvgIpc) is 2.38. The van der Waals surface area contributed by atoms with Crippen LogP contribution in [0.4, 0.5) is 0 Å². The van der Waals surface area contributed by atoms with Crippen molar-refractivity contribution in [1.82, 2.24) is 4.90 Å². The van der Waals surface area contributed by atoms with Gasteiger partial charge in [-0.15, -0.1) is 0 Å². The number of hydrogen-bond acceptors (Lipinski definition) is 3. The summed E-state index contributed by atoms with van der Waals surface area (Å²) in [5, 5.41) is 0. The Bertz CT molecular complexity index is 283. The molecule has 4 heteroatoms. The molecule has 0 bridgehead atoms. The Labute approximate surface area is 116 Å². The summed E-state index contributed by atoms with van der Waals surface area (Å²) in [6.45, 7) is 3.13. The van der Waals surface area contributed by atoms with Crippen molar-refractivity contribution in [2.24, 2.45) is 5.92 Å². The lowest BCUT2D eigenvalue weighted by Gasteiger charge is -2.27. The summed E-state index contributed by atoms with van der Waals surface area (Å²) >= 11 is 0. The highest BCUT2D eigenvalue weighted by Gasteiger charge is 2.24. The van der Waals surface area contributed by atoms with E-state index in [0.717, 1.165) is 25.7 Å². The van der Waals surface area contributed by atoms with E-state index in [1.54, 1.807) is 0 Å². The summed E-state index contributed by atoms with van der Waals surface area (Å²) < 4.78 is 4.63. The number of esters is 1. The molecule has 0 aromatic rings. The highest BCUT2D eigenvalue weighted by molar-refractivity contribution is 5.79. The fraction of sp³-hybridized carbons (Fsp3) is 0.867. The SMILES string of the molecule is CCN(CCC(=O)OC)C(=O)C1CCCCCCC1. The van der Waals surface area contributed by atoms with Gasteiger partial charge >= 0.3 is 5.97 Å². The average molecular weight is 269 g/mol. The highest BCUT2D eigenvalue weighted by Crippen LogP contribution is 2.24. The number of ether oxygens (including phenoxy) is 1. The molecule has 0 spiro atoms. The van der Waals surface area contributed by atoms with E-state index in [-0.39, 0.29) is 17.8 Å². The molecule has 0 aromatic carbocycles. The van der Waals surface area contributed by atoms with Crippen LogP contribution < -0.4 is 0 Å². The molecule has 0 N–H and O–H groups in total. The van der Waals surface area contributed by atoms with Gasteiger partial charge in [0, 0.05) is 19.0 Å². The van der Waals surface area contributed by atoms with Crippen LogP contribution in [-0.4, -0.2) is 37.0 Å². The van der Waals surface area contributed by atoms with Crippen LogP contribution in [0.15, 0.2) is 0 Å². The summed E-state index contributed by atoms with van der Waals surface area (Å²) in [6, 6.07) is 0. The summed E-state index contributed by atoms with van der Waals surface area (Å²) in [5.41, 5.74) is 0. The molecule has 1 saturated carbocycles. The van der Waals surface area contributed by atoms with Crippen LogP contribution >= 0.6 is 0 Å². The Hall–Kier alpha value is -1.06. The van der Waals surface area contributed by atoms with E-state index in [2.05, 4.69) is 4.74 Å². The number of carbonyl (C=O) groups excluding carboxylic acids is 2. The highest BCUT2D eigenvalue weighted by atomic mass is 16.5. The second-order valence-corrected chi connectivity index (χ2v) is 5.29. The van der Waals surface area contributed by atoms with Crippen molar-refractivity contribution >= 4 is 11.9 Å². The topological polar surface area (TPSA) is 46.6 Å². The fourth-order valence-electron chi connectivity index (χ4n) is 2.71. The van der Waals surface area contributed by atoms with Gasteiger partial charge < -0.3 is 9.64 Å².